The maximum absolute atomic E-state index is 13.8. The minimum Gasteiger partial charge on any atom is -0.478 e. The first kappa shape index (κ1) is 23.3. The van der Waals surface area contributed by atoms with Gasteiger partial charge in [0.1, 0.15) is 5.76 Å². The van der Waals surface area contributed by atoms with Crippen LogP contribution >= 0.6 is 0 Å². The second-order valence-corrected chi connectivity index (χ2v) is 8.51. The molecule has 4 heterocycles. The third-order valence-corrected chi connectivity index (χ3v) is 6.64. The van der Waals surface area contributed by atoms with Crippen molar-refractivity contribution in [2.45, 2.75) is 46.5 Å². The van der Waals surface area contributed by atoms with Crippen molar-refractivity contribution >= 4 is 11.5 Å². The lowest BCUT2D eigenvalue weighted by molar-refractivity contribution is -0.0688. The first-order valence-corrected chi connectivity index (χ1v) is 10.8. The number of pyridine rings is 1. The largest absolute Gasteiger partial charge is 0.478 e. The van der Waals surface area contributed by atoms with Crippen LogP contribution in [0, 0.1) is 20.8 Å². The van der Waals surface area contributed by atoms with Gasteiger partial charge in [0, 0.05) is 55.2 Å². The first-order chi connectivity index (χ1) is 15.6. The van der Waals surface area contributed by atoms with Crippen LogP contribution in [-0.4, -0.2) is 69.3 Å². The molecular formula is C23H27F3N4O3. The molecule has 0 saturated carbocycles. The molecule has 1 saturated heterocycles. The van der Waals surface area contributed by atoms with Crippen LogP contribution in [-0.2, 0) is 0 Å². The summed E-state index contributed by atoms with van der Waals surface area (Å²) in [6.07, 6.45) is -3.41. The lowest BCUT2D eigenvalue weighted by Crippen LogP contribution is -2.51. The second kappa shape index (κ2) is 8.83. The summed E-state index contributed by atoms with van der Waals surface area (Å²) in [5.74, 6) is -0.389. The van der Waals surface area contributed by atoms with Crippen molar-refractivity contribution in [3.63, 3.8) is 0 Å². The van der Waals surface area contributed by atoms with Gasteiger partial charge in [0.15, 0.2) is 0 Å². The van der Waals surface area contributed by atoms with Crippen molar-refractivity contribution in [1.82, 2.24) is 19.4 Å². The molecule has 10 heteroatoms. The molecule has 0 radical (unpaired) electrons. The predicted octanol–water partition coefficient (Wildman–Crippen LogP) is 4.46. The molecule has 2 unspecified atom stereocenters. The highest BCUT2D eigenvalue weighted by molar-refractivity contribution is 5.94. The average Bonchev–Trinajstić information content (AvgIpc) is 3.33. The fraction of sp³-hybridized carbons (Fsp3) is 0.478. The number of rotatable bonds is 6. The SMILES string of the molecule is Cc1noc(C)c1-c1ccn2c(C(C)N3CCN(C(F)C(F)F)CC3)c(C)c(C(=O)O)cc12. The molecule has 0 amide bonds. The fourth-order valence-electron chi connectivity index (χ4n) is 4.88. The minimum absolute atomic E-state index is 0.173. The van der Waals surface area contributed by atoms with Gasteiger partial charge in [-0.1, -0.05) is 5.16 Å². The molecule has 2 atom stereocenters. The standard InChI is InChI=1S/C23H27F3N4O3/c1-12-17(23(31)32)11-18-16(19-13(2)27-33-15(19)4)5-6-30(18)20(12)14(3)28-7-9-29(10-8-28)22(26)21(24)25/h5-6,11,14,21-22H,7-10H2,1-4H3,(H,31,32). The van der Waals surface area contributed by atoms with E-state index in [4.69, 9.17) is 4.52 Å². The Morgan fingerprint density at radius 1 is 1.12 bits per heavy atom. The molecule has 4 rings (SSSR count). The van der Waals surface area contributed by atoms with E-state index in [2.05, 4.69) is 10.1 Å². The van der Waals surface area contributed by atoms with E-state index in [0.717, 1.165) is 27.2 Å². The van der Waals surface area contributed by atoms with Crippen LogP contribution in [0.25, 0.3) is 16.6 Å². The number of carboxylic acid groups (broad SMARTS) is 1. The Hall–Kier alpha value is -2.85. The minimum atomic E-state index is -3.04. The fourth-order valence-corrected chi connectivity index (χ4v) is 4.88. The summed E-state index contributed by atoms with van der Waals surface area (Å²) in [7, 11) is 0. The summed E-state index contributed by atoms with van der Waals surface area (Å²) < 4.78 is 46.6. The van der Waals surface area contributed by atoms with E-state index in [1.165, 1.54) is 0 Å². The number of fused-ring (bicyclic) bond motifs is 1. The molecule has 1 fully saturated rings. The Labute approximate surface area is 189 Å². The van der Waals surface area contributed by atoms with Gasteiger partial charge in [0.2, 0.25) is 6.30 Å². The Balaban J connectivity index is 1.76. The quantitative estimate of drug-likeness (QED) is 0.543. The van der Waals surface area contributed by atoms with Crippen LogP contribution in [0.4, 0.5) is 13.2 Å². The molecular weight excluding hydrogens is 437 g/mol. The van der Waals surface area contributed by atoms with Crippen molar-refractivity contribution in [2.24, 2.45) is 0 Å². The molecule has 0 aliphatic carbocycles. The van der Waals surface area contributed by atoms with Crippen molar-refractivity contribution in [3.05, 3.63) is 46.6 Å². The van der Waals surface area contributed by atoms with Crippen LogP contribution in [0.1, 0.15) is 46.0 Å². The Morgan fingerprint density at radius 3 is 2.30 bits per heavy atom. The van der Waals surface area contributed by atoms with Crippen LogP contribution in [0.3, 0.4) is 0 Å². The Morgan fingerprint density at radius 2 is 1.76 bits per heavy atom. The van der Waals surface area contributed by atoms with Gasteiger partial charge >= 0.3 is 5.97 Å². The second-order valence-electron chi connectivity index (χ2n) is 8.51. The van der Waals surface area contributed by atoms with Crippen molar-refractivity contribution < 1.29 is 27.6 Å². The van der Waals surface area contributed by atoms with Gasteiger partial charge in [-0.05, 0) is 45.4 Å². The van der Waals surface area contributed by atoms with E-state index >= 15 is 0 Å². The third-order valence-electron chi connectivity index (χ3n) is 6.64. The molecule has 3 aromatic rings. The number of aryl methyl sites for hydroxylation is 2. The normalized spacial score (nSPS) is 17.7. The van der Waals surface area contributed by atoms with Gasteiger partial charge in [-0.3, -0.25) is 9.80 Å². The lowest BCUT2D eigenvalue weighted by Gasteiger charge is -2.39. The molecule has 178 valence electrons. The zero-order valence-electron chi connectivity index (χ0n) is 19.0. The highest BCUT2D eigenvalue weighted by Crippen LogP contribution is 2.36. The summed E-state index contributed by atoms with van der Waals surface area (Å²) in [6.45, 7) is 8.51. The van der Waals surface area contributed by atoms with E-state index in [1.54, 1.807) is 13.0 Å². The molecule has 0 aromatic carbocycles. The molecule has 0 bridgehead atoms. The zero-order valence-corrected chi connectivity index (χ0v) is 19.0. The number of piperazine rings is 1. The number of hydrogen-bond acceptors (Lipinski definition) is 5. The van der Waals surface area contributed by atoms with E-state index < -0.39 is 18.7 Å². The monoisotopic (exact) mass is 464 g/mol. The summed E-state index contributed by atoms with van der Waals surface area (Å²) in [6, 6.07) is 3.35. The molecule has 1 aliphatic heterocycles. The van der Waals surface area contributed by atoms with Crippen LogP contribution in [0.5, 0.6) is 0 Å². The molecule has 33 heavy (non-hydrogen) atoms. The van der Waals surface area contributed by atoms with E-state index in [1.807, 2.05) is 37.4 Å². The van der Waals surface area contributed by atoms with Gasteiger partial charge < -0.3 is 14.0 Å². The van der Waals surface area contributed by atoms with E-state index in [0.29, 0.717) is 30.1 Å². The van der Waals surface area contributed by atoms with Crippen LogP contribution in [0.15, 0.2) is 22.9 Å². The van der Waals surface area contributed by atoms with Gasteiger partial charge in [-0.25, -0.2) is 18.0 Å². The van der Waals surface area contributed by atoms with Gasteiger partial charge in [-0.2, -0.15) is 0 Å². The number of carboxylic acids is 1. The highest BCUT2D eigenvalue weighted by Gasteiger charge is 2.33. The van der Waals surface area contributed by atoms with Crippen LogP contribution in [0.2, 0.25) is 0 Å². The molecule has 0 spiro atoms. The molecule has 1 N–H and O–H groups in total. The number of aromatic carboxylic acids is 1. The Kier molecular flexibility index (Phi) is 6.24. The molecule has 7 nitrogen and oxygen atoms in total. The molecule has 1 aliphatic rings. The van der Waals surface area contributed by atoms with Crippen LogP contribution < -0.4 is 0 Å². The number of alkyl halides is 3. The summed E-state index contributed by atoms with van der Waals surface area (Å²) in [5.41, 5.74) is 4.69. The van der Waals surface area contributed by atoms with Crippen molar-refractivity contribution in [3.8, 4) is 11.1 Å². The first-order valence-electron chi connectivity index (χ1n) is 10.8. The Bertz CT molecular complexity index is 1160. The smallest absolute Gasteiger partial charge is 0.336 e. The average molecular weight is 464 g/mol. The zero-order chi connectivity index (χ0) is 24.0. The number of nitrogens with zero attached hydrogens (tertiary/aromatic N) is 4. The predicted molar refractivity (Wildman–Crippen MR) is 117 cm³/mol. The lowest BCUT2D eigenvalue weighted by atomic mass is 9.99. The topological polar surface area (TPSA) is 74.2 Å². The summed E-state index contributed by atoms with van der Waals surface area (Å²) >= 11 is 0. The van der Waals surface area contributed by atoms with E-state index in [9.17, 15) is 23.1 Å². The van der Waals surface area contributed by atoms with Gasteiger partial charge in [0.25, 0.3) is 6.43 Å². The third kappa shape index (κ3) is 4.02. The van der Waals surface area contributed by atoms with Crippen molar-refractivity contribution in [2.75, 3.05) is 26.2 Å². The summed E-state index contributed by atoms with van der Waals surface area (Å²) in [5, 5.41) is 13.9. The van der Waals surface area contributed by atoms with Gasteiger partial charge in [-0.15, -0.1) is 0 Å². The molecule has 3 aromatic heterocycles. The van der Waals surface area contributed by atoms with Gasteiger partial charge in [0.05, 0.1) is 16.8 Å². The van der Waals surface area contributed by atoms with E-state index in [-0.39, 0.29) is 24.7 Å². The number of halogens is 3. The number of aromatic nitrogens is 2. The number of carbonyl (C=O) groups is 1. The maximum atomic E-state index is 13.8. The summed E-state index contributed by atoms with van der Waals surface area (Å²) in [4.78, 5) is 15.3. The number of hydrogen-bond donors (Lipinski definition) is 1. The maximum Gasteiger partial charge on any atom is 0.336 e. The van der Waals surface area contributed by atoms with Crippen molar-refractivity contribution in [1.29, 1.82) is 0 Å². The highest BCUT2D eigenvalue weighted by atomic mass is 19.3.